The van der Waals surface area contributed by atoms with Gasteiger partial charge in [-0.05, 0) is 39.0 Å². The molecule has 0 aliphatic carbocycles. The second-order valence-corrected chi connectivity index (χ2v) is 3.71. The molecule has 4 N–H and O–H groups in total. The zero-order chi connectivity index (χ0) is 9.90. The molecular weight excluding hydrogens is 460 g/mol. The molecule has 1 aliphatic rings. The van der Waals surface area contributed by atoms with E-state index < -0.39 is 0 Å². The van der Waals surface area contributed by atoms with Crippen molar-refractivity contribution in [3.05, 3.63) is 0 Å². The fourth-order valence-corrected chi connectivity index (χ4v) is 1.53. The highest BCUT2D eigenvalue weighted by atomic mass is 35.5. The fourth-order valence-electron chi connectivity index (χ4n) is 1.53. The van der Waals surface area contributed by atoms with Crippen LogP contribution in [0.4, 0.5) is 0 Å². The van der Waals surface area contributed by atoms with Crippen molar-refractivity contribution in [3.8, 4) is 0 Å². The van der Waals surface area contributed by atoms with Crippen LogP contribution >= 0.6 is 99.3 Å². The summed E-state index contributed by atoms with van der Waals surface area (Å²) in [6, 6.07) is 0. The maximum Gasteiger partial charge on any atom is 0.00767 e. The van der Waals surface area contributed by atoms with E-state index in [4.69, 9.17) is 0 Å². The first-order valence-electron chi connectivity index (χ1n) is 5.83. The van der Waals surface area contributed by atoms with Crippen molar-refractivity contribution in [2.75, 3.05) is 52.4 Å². The van der Waals surface area contributed by atoms with Gasteiger partial charge in [-0.25, -0.2) is 0 Å². The van der Waals surface area contributed by atoms with Gasteiger partial charge in [0.05, 0.1) is 0 Å². The zero-order valence-electron chi connectivity index (χ0n) is 12.3. The average Bonchev–Trinajstić information content (AvgIpc) is 2.22. The van der Waals surface area contributed by atoms with Crippen LogP contribution in [0.15, 0.2) is 0 Å². The Kier molecular flexibility index (Phi) is 98.2. The predicted molar refractivity (Wildman–Crippen MR) is 119 cm³/mol. The van der Waals surface area contributed by atoms with Gasteiger partial charge in [-0.1, -0.05) is 0 Å². The van der Waals surface area contributed by atoms with Gasteiger partial charge in [0.15, 0.2) is 0 Å². The maximum atomic E-state index is 3.42. The van der Waals surface area contributed by atoms with Gasteiger partial charge in [0.2, 0.25) is 0 Å². The number of halogens is 8. The molecule has 148 valence electrons. The quantitative estimate of drug-likeness (QED) is 0.420. The van der Waals surface area contributed by atoms with E-state index in [2.05, 4.69) is 21.3 Å². The highest BCUT2D eigenvalue weighted by Gasteiger charge is 1.93. The molecule has 22 heavy (non-hydrogen) atoms. The van der Waals surface area contributed by atoms with Gasteiger partial charge in [-0.2, -0.15) is 0 Å². The molecule has 0 saturated carbocycles. The maximum absolute atomic E-state index is 3.42. The van der Waals surface area contributed by atoms with Crippen molar-refractivity contribution >= 4 is 99.3 Å². The molecule has 0 aromatic carbocycles. The van der Waals surface area contributed by atoms with Crippen molar-refractivity contribution in [1.29, 1.82) is 0 Å². The third-order valence-electron chi connectivity index (χ3n) is 2.37. The van der Waals surface area contributed by atoms with Gasteiger partial charge in [-0.3, -0.25) is 0 Å². The van der Waals surface area contributed by atoms with E-state index in [9.17, 15) is 0 Å². The lowest BCUT2D eigenvalue weighted by Gasteiger charge is -2.10. The first-order valence-corrected chi connectivity index (χ1v) is 5.83. The summed E-state index contributed by atoms with van der Waals surface area (Å²) in [5.41, 5.74) is 0. The van der Waals surface area contributed by atoms with Gasteiger partial charge in [0.25, 0.3) is 0 Å². The van der Waals surface area contributed by atoms with Gasteiger partial charge in [0.1, 0.15) is 0 Å². The smallest absolute Gasteiger partial charge is 0.00767 e. The highest BCUT2D eigenvalue weighted by molar-refractivity contribution is 5.86. The van der Waals surface area contributed by atoms with Crippen molar-refractivity contribution in [2.45, 2.75) is 12.8 Å². The van der Waals surface area contributed by atoms with E-state index in [1.807, 2.05) is 0 Å². The van der Waals surface area contributed by atoms with Crippen LogP contribution in [0.3, 0.4) is 0 Å². The second kappa shape index (κ2) is 43.6. The lowest BCUT2D eigenvalue weighted by atomic mass is 10.3. The Bertz CT molecular complexity index is 86.2. The largest absolute Gasteiger partial charge is 0.315 e. The minimum atomic E-state index is 0. The molecule has 0 atom stereocenters. The molecule has 0 radical (unpaired) electrons. The van der Waals surface area contributed by atoms with Crippen LogP contribution in [0.25, 0.3) is 0 Å². The van der Waals surface area contributed by atoms with Crippen molar-refractivity contribution < 1.29 is 0 Å². The molecule has 1 saturated heterocycles. The van der Waals surface area contributed by atoms with Crippen molar-refractivity contribution in [1.82, 2.24) is 21.3 Å². The molecule has 0 spiro atoms. The van der Waals surface area contributed by atoms with Crippen LogP contribution in [0, 0.1) is 0 Å². The van der Waals surface area contributed by atoms with Crippen molar-refractivity contribution in [2.24, 2.45) is 0 Å². The molecule has 1 rings (SSSR count). The number of rotatable bonds is 0. The Hall–Kier alpha value is 2.16. The summed E-state index contributed by atoms with van der Waals surface area (Å²) in [4.78, 5) is 0. The highest BCUT2D eigenvalue weighted by Crippen LogP contribution is 1.76. The minimum Gasteiger partial charge on any atom is -0.315 e. The molecule has 12 heteroatoms. The summed E-state index contributed by atoms with van der Waals surface area (Å²) in [6.45, 7) is 8.87. The first kappa shape index (κ1) is 49.6. The Labute approximate surface area is 184 Å². The van der Waals surface area contributed by atoms with Crippen molar-refractivity contribution in [3.63, 3.8) is 0 Å². The van der Waals surface area contributed by atoms with E-state index in [1.54, 1.807) is 0 Å². The average molecular weight is 492 g/mol. The number of hydrogen-bond donors (Lipinski definition) is 4. The molecule has 0 aromatic rings. The van der Waals surface area contributed by atoms with Crippen LogP contribution in [-0.4, -0.2) is 52.4 Å². The third kappa shape index (κ3) is 38.0. The fraction of sp³-hybridized carbons (Fsp3) is 1.00. The molecule has 0 aromatic heterocycles. The lowest BCUT2D eigenvalue weighted by molar-refractivity contribution is 0.530. The molecule has 1 heterocycles. The number of nitrogens with one attached hydrogen (secondary N) is 4. The second-order valence-electron chi connectivity index (χ2n) is 3.71. The van der Waals surface area contributed by atoms with Crippen LogP contribution in [0.5, 0.6) is 0 Å². The van der Waals surface area contributed by atoms with Gasteiger partial charge in [-0.15, -0.1) is 99.3 Å². The molecular formula is C10H32Cl8N4. The molecule has 4 nitrogen and oxygen atoms in total. The minimum absolute atomic E-state index is 0. The van der Waals surface area contributed by atoms with Gasteiger partial charge >= 0.3 is 0 Å². The number of hydrogen-bond acceptors (Lipinski definition) is 4. The monoisotopic (exact) mass is 488 g/mol. The molecule has 0 unspecified atom stereocenters. The van der Waals surface area contributed by atoms with Crippen LogP contribution in [-0.2, 0) is 0 Å². The Morgan fingerprint density at radius 2 is 0.455 bits per heavy atom. The molecule has 1 fully saturated rings. The summed E-state index contributed by atoms with van der Waals surface area (Å²) in [5.74, 6) is 0. The van der Waals surface area contributed by atoms with E-state index in [1.165, 1.54) is 12.8 Å². The standard InChI is InChI=1S/C10H24N4.8ClH/c1-3-11-7-9-13-5-2-6-14-10-8-12-4-1;;;;;;;;/h11-14H,1-10H2;8*1H. The summed E-state index contributed by atoms with van der Waals surface area (Å²) in [5, 5.41) is 13.7. The lowest BCUT2D eigenvalue weighted by Crippen LogP contribution is -2.34. The van der Waals surface area contributed by atoms with E-state index in [-0.39, 0.29) is 99.3 Å². The van der Waals surface area contributed by atoms with E-state index >= 15 is 0 Å². The Balaban J connectivity index is -0.0000000408. The van der Waals surface area contributed by atoms with Crippen LogP contribution in [0.1, 0.15) is 12.8 Å². The predicted octanol–water partition coefficient (Wildman–Crippen LogP) is 2.51. The summed E-state index contributed by atoms with van der Waals surface area (Å²) < 4.78 is 0. The Morgan fingerprint density at radius 1 is 0.273 bits per heavy atom. The summed E-state index contributed by atoms with van der Waals surface area (Å²) in [7, 11) is 0. The molecule has 0 amide bonds. The topological polar surface area (TPSA) is 48.1 Å². The van der Waals surface area contributed by atoms with Gasteiger partial charge < -0.3 is 21.3 Å². The summed E-state index contributed by atoms with van der Waals surface area (Å²) in [6.07, 6.45) is 2.44. The summed E-state index contributed by atoms with van der Waals surface area (Å²) >= 11 is 0. The SMILES string of the molecule is C1CNCCNCCCNCCNC1.Cl.Cl.Cl.Cl.Cl.Cl.Cl.Cl. The normalized spacial score (nSPS) is 15.3. The Morgan fingerprint density at radius 3 is 0.636 bits per heavy atom. The first-order chi connectivity index (χ1) is 7.00. The van der Waals surface area contributed by atoms with Crippen LogP contribution < -0.4 is 21.3 Å². The van der Waals surface area contributed by atoms with Crippen LogP contribution in [0.2, 0.25) is 0 Å². The zero-order valence-corrected chi connectivity index (χ0v) is 18.9. The van der Waals surface area contributed by atoms with Gasteiger partial charge in [0, 0.05) is 26.2 Å². The third-order valence-corrected chi connectivity index (χ3v) is 2.37. The molecule has 1 aliphatic heterocycles. The van der Waals surface area contributed by atoms with E-state index in [0.717, 1.165) is 52.4 Å². The molecule has 0 bridgehead atoms. The van der Waals surface area contributed by atoms with E-state index in [0.29, 0.717) is 0 Å².